The number of aliphatic carboxylic acids is 1. The minimum Gasteiger partial charge on any atom is -0.480 e. The van der Waals surface area contributed by atoms with Crippen molar-refractivity contribution in [1.29, 1.82) is 0 Å². The molecule has 0 bridgehead atoms. The molecule has 0 radical (unpaired) electrons. The van der Waals surface area contributed by atoms with Crippen LogP contribution in [-0.2, 0) is 4.79 Å². The first-order valence-electron chi connectivity index (χ1n) is 3.54. The van der Waals surface area contributed by atoms with E-state index in [9.17, 15) is 4.79 Å². The zero-order valence-electron chi connectivity index (χ0n) is 6.64. The van der Waals surface area contributed by atoms with Gasteiger partial charge < -0.3 is 5.11 Å². The third kappa shape index (κ3) is 4.04. The summed E-state index contributed by atoms with van der Waals surface area (Å²) in [5.41, 5.74) is 0. The molecule has 2 nitrogen and oxygen atoms in total. The van der Waals surface area contributed by atoms with Gasteiger partial charge in [-0.05, 0) is 26.2 Å². The number of carboxylic acids is 1. The maximum atomic E-state index is 10.5. The van der Waals surface area contributed by atoms with Gasteiger partial charge in [0.15, 0.2) is 0 Å². The van der Waals surface area contributed by atoms with Crippen LogP contribution in [0.25, 0.3) is 0 Å². The Bertz CT molecular complexity index is 152. The van der Waals surface area contributed by atoms with Gasteiger partial charge in [0.25, 0.3) is 0 Å². The van der Waals surface area contributed by atoms with E-state index in [1.165, 1.54) is 6.92 Å². The van der Waals surface area contributed by atoms with Crippen LogP contribution in [0.4, 0.5) is 0 Å². The first-order valence-corrected chi connectivity index (χ1v) is 3.91. The molecule has 0 aromatic rings. The van der Waals surface area contributed by atoms with Crippen molar-refractivity contribution in [3.63, 3.8) is 0 Å². The molecule has 0 spiro atoms. The molecule has 0 saturated heterocycles. The van der Waals surface area contributed by atoms with Crippen molar-refractivity contribution in [2.75, 3.05) is 0 Å². The van der Waals surface area contributed by atoms with Crippen molar-refractivity contribution in [1.82, 2.24) is 0 Å². The van der Waals surface area contributed by atoms with Crippen molar-refractivity contribution >= 4 is 17.6 Å². The molecule has 0 aliphatic heterocycles. The summed E-state index contributed by atoms with van der Waals surface area (Å²) in [6.45, 7) is 5.05. The smallest absolute Gasteiger partial charge is 0.324 e. The summed E-state index contributed by atoms with van der Waals surface area (Å²) in [5, 5.41) is 8.58. The van der Waals surface area contributed by atoms with Crippen LogP contribution in [0.1, 0.15) is 26.2 Å². The van der Waals surface area contributed by atoms with Gasteiger partial charge in [0.05, 0.1) is 0 Å². The summed E-state index contributed by atoms with van der Waals surface area (Å²) >= 11 is 5.67. The Labute approximate surface area is 71.9 Å². The Morgan fingerprint density at radius 1 is 1.82 bits per heavy atom. The van der Waals surface area contributed by atoms with E-state index in [1.54, 1.807) is 6.08 Å². The zero-order valence-corrected chi connectivity index (χ0v) is 7.40. The lowest BCUT2D eigenvalue weighted by Gasteiger charge is -2.14. The molecule has 3 heteroatoms. The second-order valence-electron chi connectivity index (χ2n) is 2.68. The highest BCUT2D eigenvalue weighted by molar-refractivity contribution is 6.33. The number of hydrogen-bond acceptors (Lipinski definition) is 1. The number of allylic oxidation sites excluding steroid dienone is 1. The minimum absolute atomic E-state index is 0.482. The highest BCUT2D eigenvalue weighted by atomic mass is 35.5. The molecule has 11 heavy (non-hydrogen) atoms. The highest BCUT2D eigenvalue weighted by Gasteiger charge is 2.28. The van der Waals surface area contributed by atoms with Gasteiger partial charge in [-0.25, -0.2) is 0 Å². The monoisotopic (exact) mass is 176 g/mol. The van der Waals surface area contributed by atoms with Crippen molar-refractivity contribution in [3.8, 4) is 0 Å². The van der Waals surface area contributed by atoms with Crippen LogP contribution in [0.3, 0.4) is 0 Å². The Hall–Kier alpha value is -0.500. The van der Waals surface area contributed by atoms with E-state index in [0.717, 1.165) is 12.8 Å². The van der Waals surface area contributed by atoms with Crippen molar-refractivity contribution in [2.45, 2.75) is 31.1 Å². The van der Waals surface area contributed by atoms with Gasteiger partial charge in [0.2, 0.25) is 0 Å². The van der Waals surface area contributed by atoms with E-state index in [1.807, 2.05) is 0 Å². The van der Waals surface area contributed by atoms with E-state index in [-0.39, 0.29) is 0 Å². The van der Waals surface area contributed by atoms with Gasteiger partial charge in [0.1, 0.15) is 4.87 Å². The molecular weight excluding hydrogens is 164 g/mol. The lowest BCUT2D eigenvalue weighted by atomic mass is 10.0. The predicted molar refractivity (Wildman–Crippen MR) is 45.9 cm³/mol. The Kier molecular flexibility index (Phi) is 4.19. The zero-order chi connectivity index (χ0) is 8.91. The molecule has 0 aliphatic rings. The SMILES string of the molecule is C=CCCCC(C)(Cl)C(=O)O. The van der Waals surface area contributed by atoms with Gasteiger partial charge in [0, 0.05) is 0 Å². The fraction of sp³-hybridized carbons (Fsp3) is 0.625. The van der Waals surface area contributed by atoms with Gasteiger partial charge in [-0.3, -0.25) is 4.79 Å². The molecule has 0 fully saturated rings. The molecule has 64 valence electrons. The van der Waals surface area contributed by atoms with Gasteiger partial charge >= 0.3 is 5.97 Å². The van der Waals surface area contributed by atoms with E-state index in [4.69, 9.17) is 16.7 Å². The standard InChI is InChI=1S/C8H13ClO2/c1-3-4-5-6-8(2,9)7(10)11/h3H,1,4-6H2,2H3,(H,10,11). The number of carbonyl (C=O) groups is 1. The quantitative estimate of drug-likeness (QED) is 0.397. The Morgan fingerprint density at radius 3 is 2.73 bits per heavy atom. The highest BCUT2D eigenvalue weighted by Crippen LogP contribution is 2.21. The first kappa shape index (κ1) is 10.5. The molecule has 0 amide bonds. The van der Waals surface area contributed by atoms with Crippen LogP contribution in [-0.4, -0.2) is 16.0 Å². The fourth-order valence-corrected chi connectivity index (χ4v) is 0.819. The molecule has 0 rings (SSSR count). The number of alkyl halides is 1. The molecule has 1 N–H and O–H groups in total. The van der Waals surface area contributed by atoms with Crippen LogP contribution in [0.5, 0.6) is 0 Å². The van der Waals surface area contributed by atoms with Crippen LogP contribution in [0.15, 0.2) is 12.7 Å². The number of halogens is 1. The maximum absolute atomic E-state index is 10.5. The maximum Gasteiger partial charge on any atom is 0.324 e. The van der Waals surface area contributed by atoms with E-state index >= 15 is 0 Å². The van der Waals surface area contributed by atoms with Gasteiger partial charge in [-0.1, -0.05) is 6.08 Å². The van der Waals surface area contributed by atoms with E-state index in [2.05, 4.69) is 6.58 Å². The third-order valence-corrected chi connectivity index (χ3v) is 1.85. The van der Waals surface area contributed by atoms with Crippen LogP contribution in [0, 0.1) is 0 Å². The topological polar surface area (TPSA) is 37.3 Å². The largest absolute Gasteiger partial charge is 0.480 e. The summed E-state index contributed by atoms with van der Waals surface area (Å²) in [6.07, 6.45) is 3.83. The fourth-order valence-electron chi connectivity index (χ4n) is 0.685. The molecule has 1 atom stereocenters. The average molecular weight is 177 g/mol. The predicted octanol–water partition coefficient (Wildman–Crippen LogP) is 2.42. The van der Waals surface area contributed by atoms with Crippen molar-refractivity contribution in [2.24, 2.45) is 0 Å². The summed E-state index contributed by atoms with van der Waals surface area (Å²) < 4.78 is 0. The minimum atomic E-state index is -1.11. The van der Waals surface area contributed by atoms with Crippen molar-refractivity contribution in [3.05, 3.63) is 12.7 Å². The second kappa shape index (κ2) is 4.39. The summed E-state index contributed by atoms with van der Waals surface area (Å²) in [4.78, 5) is 9.35. The van der Waals surface area contributed by atoms with Crippen LogP contribution >= 0.6 is 11.6 Å². The molecule has 0 aliphatic carbocycles. The lowest BCUT2D eigenvalue weighted by molar-refractivity contribution is -0.139. The van der Waals surface area contributed by atoms with E-state index < -0.39 is 10.8 Å². The molecule has 0 saturated carbocycles. The van der Waals surface area contributed by atoms with Crippen molar-refractivity contribution < 1.29 is 9.90 Å². The lowest BCUT2D eigenvalue weighted by Crippen LogP contribution is -2.28. The molecule has 0 heterocycles. The second-order valence-corrected chi connectivity index (χ2v) is 3.52. The number of hydrogen-bond donors (Lipinski definition) is 1. The summed E-state index contributed by atoms with van der Waals surface area (Å²) in [5.74, 6) is -0.955. The molecule has 0 aromatic heterocycles. The Morgan fingerprint density at radius 2 is 2.36 bits per heavy atom. The third-order valence-electron chi connectivity index (χ3n) is 1.50. The Balaban J connectivity index is 3.72. The molecule has 1 unspecified atom stereocenters. The average Bonchev–Trinajstić information content (AvgIpc) is 1.88. The van der Waals surface area contributed by atoms with Crippen LogP contribution < -0.4 is 0 Å². The number of unbranched alkanes of at least 4 members (excludes halogenated alkanes) is 1. The number of rotatable bonds is 5. The molecular formula is C8H13ClO2. The summed E-state index contributed by atoms with van der Waals surface area (Å²) in [6, 6.07) is 0. The summed E-state index contributed by atoms with van der Waals surface area (Å²) in [7, 11) is 0. The van der Waals surface area contributed by atoms with Gasteiger partial charge in [-0.15, -0.1) is 18.2 Å². The normalized spacial score (nSPS) is 15.5. The molecule has 0 aromatic carbocycles. The first-order chi connectivity index (χ1) is 5.00. The van der Waals surface area contributed by atoms with E-state index in [0.29, 0.717) is 6.42 Å². The van der Waals surface area contributed by atoms with Gasteiger partial charge in [-0.2, -0.15) is 0 Å². The van der Waals surface area contributed by atoms with Crippen LogP contribution in [0.2, 0.25) is 0 Å². The number of carboxylic acid groups (broad SMARTS) is 1.